The fraction of sp³-hybridized carbons (Fsp3) is 0.688. The van der Waals surface area contributed by atoms with Gasteiger partial charge in [-0.05, 0) is 81.0 Å². The number of hydrogen-bond acceptors (Lipinski definition) is 5. The summed E-state index contributed by atoms with van der Waals surface area (Å²) in [6.45, 7) is 8.55. The molecule has 38 heavy (non-hydrogen) atoms. The number of carbonyl (C=O) groups excluding carboxylic acids is 1. The predicted molar refractivity (Wildman–Crippen MR) is 153 cm³/mol. The lowest BCUT2D eigenvalue weighted by atomic mass is 9.81. The number of piperidine rings is 1. The van der Waals surface area contributed by atoms with Gasteiger partial charge in [-0.2, -0.15) is 0 Å². The van der Waals surface area contributed by atoms with E-state index in [4.69, 9.17) is 9.47 Å². The summed E-state index contributed by atoms with van der Waals surface area (Å²) in [6, 6.07) is 8.74. The van der Waals surface area contributed by atoms with Crippen LogP contribution in [0.1, 0.15) is 76.7 Å². The van der Waals surface area contributed by atoms with Gasteiger partial charge in [-0.3, -0.25) is 9.78 Å². The first-order valence-electron chi connectivity index (χ1n) is 15.3. The second-order valence-corrected chi connectivity index (χ2v) is 11.8. The van der Waals surface area contributed by atoms with Crippen molar-refractivity contribution in [2.75, 3.05) is 45.9 Å². The number of rotatable bonds is 10. The first-order chi connectivity index (χ1) is 18.7. The van der Waals surface area contributed by atoms with Gasteiger partial charge in [-0.25, -0.2) is 0 Å². The number of likely N-dealkylation sites (tertiary alicyclic amines) is 1. The number of nitrogens with zero attached hydrogens (tertiary/aromatic N) is 3. The van der Waals surface area contributed by atoms with Gasteiger partial charge < -0.3 is 19.3 Å². The number of pyridine rings is 1. The Hall–Kier alpha value is -2.18. The highest BCUT2D eigenvalue weighted by molar-refractivity contribution is 5.85. The van der Waals surface area contributed by atoms with Gasteiger partial charge in [0.1, 0.15) is 17.4 Å². The largest absolute Gasteiger partial charge is 0.488 e. The molecule has 1 aromatic heterocycles. The van der Waals surface area contributed by atoms with Crippen LogP contribution in [-0.4, -0.2) is 72.7 Å². The molecule has 3 fully saturated rings. The van der Waals surface area contributed by atoms with Crippen LogP contribution in [0.4, 0.5) is 0 Å². The van der Waals surface area contributed by atoms with E-state index in [1.54, 1.807) is 0 Å². The Morgan fingerprint density at radius 3 is 2.55 bits per heavy atom. The Balaban J connectivity index is 1.08. The van der Waals surface area contributed by atoms with Crippen molar-refractivity contribution in [3.05, 3.63) is 36.0 Å². The van der Waals surface area contributed by atoms with Gasteiger partial charge in [0, 0.05) is 50.2 Å². The molecule has 1 aromatic carbocycles. The number of fused-ring (bicyclic) bond motifs is 1. The van der Waals surface area contributed by atoms with Crippen LogP contribution in [0.3, 0.4) is 0 Å². The van der Waals surface area contributed by atoms with E-state index in [1.165, 1.54) is 56.0 Å². The third-order valence-corrected chi connectivity index (χ3v) is 8.91. The fourth-order valence-electron chi connectivity index (χ4n) is 6.60. The van der Waals surface area contributed by atoms with Crippen LogP contribution < -0.4 is 4.74 Å². The molecule has 1 aliphatic carbocycles. The molecule has 208 valence electrons. The molecule has 5 rings (SSSR count). The summed E-state index contributed by atoms with van der Waals surface area (Å²) >= 11 is 0. The molecule has 2 aromatic rings. The number of benzene rings is 1. The van der Waals surface area contributed by atoms with E-state index < -0.39 is 0 Å². The molecule has 1 amide bonds. The molecule has 0 N–H and O–H groups in total. The smallest absolute Gasteiger partial charge is 0.225 e. The summed E-state index contributed by atoms with van der Waals surface area (Å²) < 4.78 is 12.0. The van der Waals surface area contributed by atoms with Gasteiger partial charge in [0.05, 0.1) is 13.2 Å². The monoisotopic (exact) mass is 521 g/mol. The summed E-state index contributed by atoms with van der Waals surface area (Å²) in [5.74, 6) is 2.29. The molecule has 3 aliphatic rings. The lowest BCUT2D eigenvalue weighted by molar-refractivity contribution is -0.141. The van der Waals surface area contributed by atoms with Crippen LogP contribution in [-0.2, 0) is 16.0 Å². The first kappa shape index (κ1) is 27.4. The molecule has 0 spiro atoms. The number of morpholine rings is 1. The molecule has 6 heteroatoms. The molecular formula is C32H47N3O3. The SMILES string of the molecule is CCCCCCc1cc(OC2CCN(C[C@H]3CC[C@H](C(=O)N4CCOCC4)CC3)CC2)c2ncccc2c1. The van der Waals surface area contributed by atoms with Crippen LogP contribution in [0.15, 0.2) is 30.5 Å². The lowest BCUT2D eigenvalue weighted by Crippen LogP contribution is -2.45. The second kappa shape index (κ2) is 13.7. The Morgan fingerprint density at radius 2 is 1.79 bits per heavy atom. The third-order valence-electron chi connectivity index (χ3n) is 8.91. The Morgan fingerprint density at radius 1 is 1.00 bits per heavy atom. The summed E-state index contributed by atoms with van der Waals surface area (Å²) in [6.07, 6.45) is 15.0. The van der Waals surface area contributed by atoms with Crippen molar-refractivity contribution in [2.24, 2.45) is 11.8 Å². The van der Waals surface area contributed by atoms with Crippen LogP contribution in [0.2, 0.25) is 0 Å². The van der Waals surface area contributed by atoms with E-state index in [2.05, 4.69) is 35.0 Å². The van der Waals surface area contributed by atoms with Gasteiger partial charge >= 0.3 is 0 Å². The quantitative estimate of drug-likeness (QED) is 0.366. The minimum Gasteiger partial charge on any atom is -0.488 e. The minimum atomic E-state index is 0.231. The Kier molecular flexibility index (Phi) is 9.91. The van der Waals surface area contributed by atoms with Crippen LogP contribution in [0.25, 0.3) is 10.9 Å². The molecule has 6 nitrogen and oxygen atoms in total. The number of aryl methyl sites for hydroxylation is 1. The number of amides is 1. The highest BCUT2D eigenvalue weighted by atomic mass is 16.5. The fourth-order valence-corrected chi connectivity index (χ4v) is 6.60. The molecule has 3 heterocycles. The van der Waals surface area contributed by atoms with Crippen molar-refractivity contribution < 1.29 is 14.3 Å². The summed E-state index contributed by atoms with van der Waals surface area (Å²) in [5, 5.41) is 1.19. The predicted octanol–water partition coefficient (Wildman–Crippen LogP) is 5.87. The molecule has 0 bridgehead atoms. The standard InChI is InChI=1S/C32H47N3O3/c1-2-3-4-5-7-26-22-28-8-6-15-33-31(28)30(23-26)38-29-13-16-34(17-14-29)24-25-9-11-27(12-10-25)32(36)35-18-20-37-21-19-35/h6,8,15,22-23,25,27,29H,2-5,7,9-14,16-21,24H2,1H3/t25-,27-. The zero-order chi connectivity index (χ0) is 26.2. The third kappa shape index (κ3) is 7.26. The lowest BCUT2D eigenvalue weighted by Gasteiger charge is -2.37. The molecule has 1 saturated carbocycles. The van der Waals surface area contributed by atoms with Crippen molar-refractivity contribution in [3.8, 4) is 5.75 Å². The molecular weight excluding hydrogens is 474 g/mol. The van der Waals surface area contributed by atoms with E-state index in [1.807, 2.05) is 17.2 Å². The van der Waals surface area contributed by atoms with Crippen molar-refractivity contribution in [2.45, 2.75) is 83.7 Å². The van der Waals surface area contributed by atoms with Gasteiger partial charge in [0.2, 0.25) is 5.91 Å². The number of aromatic nitrogens is 1. The highest BCUT2D eigenvalue weighted by Gasteiger charge is 2.31. The summed E-state index contributed by atoms with van der Waals surface area (Å²) in [5.41, 5.74) is 2.37. The van der Waals surface area contributed by atoms with Crippen LogP contribution >= 0.6 is 0 Å². The molecule has 0 atom stereocenters. The normalized spacial score (nSPS) is 23.6. The van der Waals surface area contributed by atoms with Gasteiger partial charge in [0.25, 0.3) is 0 Å². The van der Waals surface area contributed by atoms with Crippen molar-refractivity contribution >= 4 is 16.8 Å². The van der Waals surface area contributed by atoms with Gasteiger partial charge in [-0.15, -0.1) is 0 Å². The average molecular weight is 522 g/mol. The Bertz CT molecular complexity index is 1020. The van der Waals surface area contributed by atoms with E-state index in [-0.39, 0.29) is 12.0 Å². The van der Waals surface area contributed by atoms with E-state index in [0.29, 0.717) is 19.1 Å². The van der Waals surface area contributed by atoms with Crippen molar-refractivity contribution in [1.29, 1.82) is 0 Å². The Labute approximate surface area is 229 Å². The zero-order valence-electron chi connectivity index (χ0n) is 23.4. The first-order valence-corrected chi connectivity index (χ1v) is 15.3. The molecule has 2 aliphatic heterocycles. The van der Waals surface area contributed by atoms with E-state index in [9.17, 15) is 4.79 Å². The van der Waals surface area contributed by atoms with Gasteiger partial charge in [0.15, 0.2) is 0 Å². The van der Waals surface area contributed by atoms with Gasteiger partial charge in [-0.1, -0.05) is 32.3 Å². The molecule has 0 unspecified atom stereocenters. The summed E-state index contributed by atoms with van der Waals surface area (Å²) in [4.78, 5) is 22.2. The zero-order valence-corrected chi connectivity index (χ0v) is 23.4. The maximum atomic E-state index is 12.9. The highest BCUT2D eigenvalue weighted by Crippen LogP contribution is 2.33. The maximum absolute atomic E-state index is 12.9. The van der Waals surface area contributed by atoms with Crippen molar-refractivity contribution in [3.63, 3.8) is 0 Å². The second-order valence-electron chi connectivity index (χ2n) is 11.8. The van der Waals surface area contributed by atoms with E-state index >= 15 is 0 Å². The number of unbranched alkanes of at least 4 members (excludes halogenated alkanes) is 3. The number of carbonyl (C=O) groups is 1. The average Bonchev–Trinajstić information content (AvgIpc) is 2.97. The molecule has 2 saturated heterocycles. The van der Waals surface area contributed by atoms with Crippen LogP contribution in [0, 0.1) is 11.8 Å². The molecule has 0 radical (unpaired) electrons. The van der Waals surface area contributed by atoms with E-state index in [0.717, 1.165) is 75.5 Å². The van der Waals surface area contributed by atoms with Crippen LogP contribution in [0.5, 0.6) is 5.75 Å². The summed E-state index contributed by atoms with van der Waals surface area (Å²) in [7, 11) is 0. The topological polar surface area (TPSA) is 54.9 Å². The maximum Gasteiger partial charge on any atom is 0.225 e. The van der Waals surface area contributed by atoms with Crippen molar-refractivity contribution in [1.82, 2.24) is 14.8 Å². The number of hydrogen-bond donors (Lipinski definition) is 0. The number of ether oxygens (including phenoxy) is 2. The minimum absolute atomic E-state index is 0.231.